The van der Waals surface area contributed by atoms with Gasteiger partial charge in [0.15, 0.2) is 0 Å². The molecular formula is C15H18N2O3. The second-order valence-corrected chi connectivity index (χ2v) is 5.01. The molecule has 0 fully saturated rings. The first-order valence-electron chi connectivity index (χ1n) is 6.69. The number of benzene rings is 1. The quantitative estimate of drug-likeness (QED) is 0.786. The molecule has 3 amide bonds. The maximum Gasteiger partial charge on any atom is 0.261 e. The van der Waals surface area contributed by atoms with Gasteiger partial charge in [0.2, 0.25) is 0 Å². The van der Waals surface area contributed by atoms with Crippen molar-refractivity contribution in [2.75, 3.05) is 20.6 Å². The van der Waals surface area contributed by atoms with Crippen LogP contribution in [0.25, 0.3) is 0 Å². The van der Waals surface area contributed by atoms with E-state index in [1.165, 1.54) is 13.1 Å². The summed E-state index contributed by atoms with van der Waals surface area (Å²) >= 11 is 0. The molecule has 20 heavy (non-hydrogen) atoms. The van der Waals surface area contributed by atoms with Gasteiger partial charge >= 0.3 is 0 Å². The van der Waals surface area contributed by atoms with Gasteiger partial charge in [-0.25, -0.2) is 0 Å². The number of hydrogen-bond acceptors (Lipinski definition) is 3. The Hall–Kier alpha value is -2.17. The highest BCUT2D eigenvalue weighted by Gasteiger charge is 2.33. The number of imide groups is 1. The zero-order valence-corrected chi connectivity index (χ0v) is 12.0. The lowest BCUT2D eigenvalue weighted by Crippen LogP contribution is -2.27. The average Bonchev–Trinajstić information content (AvgIpc) is 2.68. The average molecular weight is 274 g/mol. The Kier molecular flexibility index (Phi) is 3.88. The number of fused-ring (bicyclic) bond motifs is 1. The van der Waals surface area contributed by atoms with Crippen LogP contribution < -0.4 is 0 Å². The molecule has 0 saturated heterocycles. The molecule has 2 rings (SSSR count). The standard InChI is InChI=1S/C15H18N2O3/c1-4-5-8-16(2)13(18)10-6-7-11-12(9-10)15(20)17(3)14(11)19/h6-7,9H,4-5,8H2,1-3H3. The molecule has 0 N–H and O–H groups in total. The second-order valence-electron chi connectivity index (χ2n) is 5.01. The molecule has 0 aromatic heterocycles. The van der Waals surface area contributed by atoms with E-state index < -0.39 is 0 Å². The van der Waals surface area contributed by atoms with E-state index in [1.54, 1.807) is 24.1 Å². The molecule has 1 heterocycles. The van der Waals surface area contributed by atoms with E-state index in [-0.39, 0.29) is 17.7 Å². The molecule has 5 heteroatoms. The third-order valence-electron chi connectivity index (χ3n) is 3.53. The van der Waals surface area contributed by atoms with Crippen LogP contribution in [0.15, 0.2) is 18.2 Å². The molecule has 0 spiro atoms. The van der Waals surface area contributed by atoms with Crippen molar-refractivity contribution in [1.29, 1.82) is 0 Å². The van der Waals surface area contributed by atoms with Crippen molar-refractivity contribution >= 4 is 17.7 Å². The number of nitrogens with zero attached hydrogens (tertiary/aromatic N) is 2. The van der Waals surface area contributed by atoms with Crippen LogP contribution in [-0.4, -0.2) is 48.2 Å². The minimum atomic E-state index is -0.351. The third kappa shape index (κ3) is 2.31. The summed E-state index contributed by atoms with van der Waals surface area (Å²) in [7, 11) is 3.18. The van der Waals surface area contributed by atoms with Crippen LogP contribution >= 0.6 is 0 Å². The number of amides is 3. The van der Waals surface area contributed by atoms with Crippen molar-refractivity contribution < 1.29 is 14.4 Å². The summed E-state index contributed by atoms with van der Waals surface area (Å²) in [6.45, 7) is 2.74. The Bertz CT molecular complexity index is 580. The molecule has 1 aliphatic heterocycles. The first kappa shape index (κ1) is 14.2. The molecule has 0 saturated carbocycles. The van der Waals surface area contributed by atoms with Gasteiger partial charge in [-0.1, -0.05) is 13.3 Å². The van der Waals surface area contributed by atoms with E-state index in [0.717, 1.165) is 17.7 Å². The fourth-order valence-corrected chi connectivity index (χ4v) is 2.21. The van der Waals surface area contributed by atoms with Gasteiger partial charge in [-0.15, -0.1) is 0 Å². The minimum absolute atomic E-state index is 0.129. The van der Waals surface area contributed by atoms with Gasteiger partial charge in [0.1, 0.15) is 0 Å². The number of carbonyl (C=O) groups excluding carboxylic acids is 3. The topological polar surface area (TPSA) is 57.7 Å². The molecule has 0 aliphatic carbocycles. The monoisotopic (exact) mass is 274 g/mol. The fraction of sp³-hybridized carbons (Fsp3) is 0.400. The maximum absolute atomic E-state index is 12.2. The van der Waals surface area contributed by atoms with Crippen LogP contribution in [0.4, 0.5) is 0 Å². The highest BCUT2D eigenvalue weighted by atomic mass is 16.2. The van der Waals surface area contributed by atoms with E-state index in [0.29, 0.717) is 23.2 Å². The Morgan fingerprint density at radius 3 is 2.50 bits per heavy atom. The van der Waals surface area contributed by atoms with Crippen LogP contribution in [0.5, 0.6) is 0 Å². The lowest BCUT2D eigenvalue weighted by molar-refractivity contribution is 0.0692. The summed E-state index contributed by atoms with van der Waals surface area (Å²) in [6, 6.07) is 4.68. The van der Waals surface area contributed by atoms with Crippen LogP contribution in [0.2, 0.25) is 0 Å². The molecule has 1 aromatic carbocycles. The van der Waals surface area contributed by atoms with Crippen molar-refractivity contribution in [2.24, 2.45) is 0 Å². The number of hydrogen-bond donors (Lipinski definition) is 0. The summed E-state index contributed by atoms with van der Waals surface area (Å²) in [5.41, 5.74) is 1.12. The summed E-state index contributed by atoms with van der Waals surface area (Å²) in [4.78, 5) is 38.6. The Balaban J connectivity index is 2.27. The van der Waals surface area contributed by atoms with Crippen molar-refractivity contribution in [3.8, 4) is 0 Å². The van der Waals surface area contributed by atoms with Gasteiger partial charge in [-0.05, 0) is 24.6 Å². The van der Waals surface area contributed by atoms with Crippen molar-refractivity contribution in [2.45, 2.75) is 19.8 Å². The van der Waals surface area contributed by atoms with Gasteiger partial charge in [0.05, 0.1) is 11.1 Å². The molecule has 0 bridgehead atoms. The zero-order chi connectivity index (χ0) is 14.9. The first-order chi connectivity index (χ1) is 9.47. The van der Waals surface area contributed by atoms with E-state index in [4.69, 9.17) is 0 Å². The minimum Gasteiger partial charge on any atom is -0.342 e. The van der Waals surface area contributed by atoms with E-state index >= 15 is 0 Å². The van der Waals surface area contributed by atoms with Gasteiger partial charge in [0.25, 0.3) is 17.7 Å². The third-order valence-corrected chi connectivity index (χ3v) is 3.53. The second kappa shape index (κ2) is 5.45. The molecule has 0 atom stereocenters. The van der Waals surface area contributed by atoms with Crippen molar-refractivity contribution in [1.82, 2.24) is 9.80 Å². The number of carbonyl (C=O) groups is 3. The van der Waals surface area contributed by atoms with Gasteiger partial charge in [-0.3, -0.25) is 19.3 Å². The molecule has 0 radical (unpaired) electrons. The Labute approximate surface area is 118 Å². The van der Waals surface area contributed by atoms with Crippen LogP contribution in [0.1, 0.15) is 50.8 Å². The smallest absolute Gasteiger partial charge is 0.261 e. The lowest BCUT2D eigenvalue weighted by Gasteiger charge is -2.16. The van der Waals surface area contributed by atoms with Crippen LogP contribution in [0.3, 0.4) is 0 Å². The predicted molar refractivity (Wildman–Crippen MR) is 74.7 cm³/mol. The van der Waals surface area contributed by atoms with Gasteiger partial charge in [-0.2, -0.15) is 0 Å². The van der Waals surface area contributed by atoms with Crippen LogP contribution in [0, 0.1) is 0 Å². The molecular weight excluding hydrogens is 256 g/mol. The lowest BCUT2D eigenvalue weighted by atomic mass is 10.0. The summed E-state index contributed by atoms with van der Waals surface area (Å²) in [5, 5.41) is 0. The van der Waals surface area contributed by atoms with Gasteiger partial charge in [0, 0.05) is 26.2 Å². The fourth-order valence-electron chi connectivity index (χ4n) is 2.21. The van der Waals surface area contributed by atoms with E-state index in [2.05, 4.69) is 6.92 Å². The molecule has 1 aromatic rings. The van der Waals surface area contributed by atoms with Crippen molar-refractivity contribution in [3.63, 3.8) is 0 Å². The largest absolute Gasteiger partial charge is 0.342 e. The molecule has 0 unspecified atom stereocenters. The van der Waals surface area contributed by atoms with E-state index in [1.807, 2.05) is 0 Å². The summed E-state index contributed by atoms with van der Waals surface area (Å²) in [5.74, 6) is -0.796. The number of unbranched alkanes of at least 4 members (excludes halogenated alkanes) is 1. The normalized spacial score (nSPS) is 13.7. The Morgan fingerprint density at radius 1 is 1.20 bits per heavy atom. The summed E-state index contributed by atoms with van der Waals surface area (Å²) in [6.07, 6.45) is 1.95. The maximum atomic E-state index is 12.2. The van der Waals surface area contributed by atoms with Crippen molar-refractivity contribution in [3.05, 3.63) is 34.9 Å². The molecule has 1 aliphatic rings. The SMILES string of the molecule is CCCCN(C)C(=O)c1ccc2c(c1)C(=O)N(C)C2=O. The van der Waals surface area contributed by atoms with Crippen LogP contribution in [-0.2, 0) is 0 Å². The number of rotatable bonds is 4. The molecule has 5 nitrogen and oxygen atoms in total. The molecule has 106 valence electrons. The first-order valence-corrected chi connectivity index (χ1v) is 6.69. The van der Waals surface area contributed by atoms with E-state index in [9.17, 15) is 14.4 Å². The zero-order valence-electron chi connectivity index (χ0n) is 12.0. The highest BCUT2D eigenvalue weighted by molar-refractivity contribution is 6.21. The highest BCUT2D eigenvalue weighted by Crippen LogP contribution is 2.23. The van der Waals surface area contributed by atoms with Gasteiger partial charge < -0.3 is 4.90 Å². The summed E-state index contributed by atoms with van der Waals surface area (Å²) < 4.78 is 0. The predicted octanol–water partition coefficient (Wildman–Crippen LogP) is 1.78. The Morgan fingerprint density at radius 2 is 1.85 bits per heavy atom.